The van der Waals surface area contributed by atoms with E-state index in [0.29, 0.717) is 15.8 Å². The number of hydrogen-bond donors (Lipinski definition) is 0. The lowest BCUT2D eigenvalue weighted by atomic mass is 10.3. The average molecular weight is 272 g/mol. The fourth-order valence-corrected chi connectivity index (χ4v) is 2.13. The Labute approximate surface area is 113 Å². The second-order valence-corrected chi connectivity index (χ2v) is 4.25. The zero-order chi connectivity index (χ0) is 14.3. The number of benzene rings is 1. The summed E-state index contributed by atoms with van der Waals surface area (Å²) in [6, 6.07) is 9.22. The highest BCUT2D eigenvalue weighted by Gasteiger charge is 2.16. The first-order valence-electron chi connectivity index (χ1n) is 5.95. The molecule has 0 aliphatic heterocycles. The van der Waals surface area contributed by atoms with E-state index in [1.165, 1.54) is 22.6 Å². The van der Waals surface area contributed by atoms with E-state index in [0.717, 1.165) is 5.69 Å². The summed E-state index contributed by atoms with van der Waals surface area (Å²) in [5.41, 5.74) is 0.405. The van der Waals surface area contributed by atoms with Gasteiger partial charge in [0.05, 0.1) is 17.4 Å². The average Bonchev–Trinajstić information content (AvgIpc) is 2.92. The maximum absolute atomic E-state index is 12.4. The minimum atomic E-state index is -0.544. The van der Waals surface area contributed by atoms with Crippen LogP contribution in [0.2, 0.25) is 0 Å². The molecule has 0 unspecified atom stereocenters. The normalized spacial score (nSPS) is 10.9. The molecule has 3 aromatic rings. The van der Waals surface area contributed by atoms with Gasteiger partial charge in [-0.3, -0.25) is 9.36 Å². The van der Waals surface area contributed by atoms with Gasteiger partial charge in [0.1, 0.15) is 7.11 Å². The summed E-state index contributed by atoms with van der Waals surface area (Å²) in [6.07, 6.45) is 1.49. The molecule has 7 heteroatoms. The highest BCUT2D eigenvalue weighted by atomic mass is 16.7. The molecule has 0 spiro atoms. The molecule has 0 saturated carbocycles. The third-order valence-electron chi connectivity index (χ3n) is 3.14. The van der Waals surface area contributed by atoms with E-state index in [4.69, 9.17) is 4.84 Å². The van der Waals surface area contributed by atoms with Gasteiger partial charge in [0.2, 0.25) is 0 Å². The molecule has 20 heavy (non-hydrogen) atoms. The number of aryl methyl sites for hydroxylation is 1. The summed E-state index contributed by atoms with van der Waals surface area (Å²) in [5.74, 6) is 0. The molecule has 0 radical (unpaired) electrons. The van der Waals surface area contributed by atoms with Gasteiger partial charge in [-0.2, -0.15) is 5.10 Å². The third-order valence-corrected chi connectivity index (χ3v) is 3.14. The first-order chi connectivity index (χ1) is 9.65. The van der Waals surface area contributed by atoms with Crippen LogP contribution >= 0.6 is 0 Å². The fourth-order valence-electron chi connectivity index (χ4n) is 2.13. The summed E-state index contributed by atoms with van der Waals surface area (Å²) in [6.45, 7) is 0. The Balaban J connectivity index is 2.47. The Bertz CT molecular complexity index is 890. The lowest BCUT2D eigenvalue weighted by Crippen LogP contribution is -2.42. The topological polar surface area (TPSA) is 71.1 Å². The van der Waals surface area contributed by atoms with Gasteiger partial charge in [0.25, 0.3) is 0 Å². The van der Waals surface area contributed by atoms with Gasteiger partial charge < -0.3 is 4.84 Å². The molecule has 2 aromatic heterocycles. The van der Waals surface area contributed by atoms with Crippen molar-refractivity contribution < 1.29 is 4.84 Å². The molecule has 3 rings (SSSR count). The van der Waals surface area contributed by atoms with Crippen molar-refractivity contribution in [3.05, 3.63) is 57.4 Å². The molecular formula is C13H12N4O3. The van der Waals surface area contributed by atoms with Crippen LogP contribution in [0.3, 0.4) is 0 Å². The van der Waals surface area contributed by atoms with Crippen LogP contribution in [0.15, 0.2) is 46.1 Å². The van der Waals surface area contributed by atoms with Gasteiger partial charge in [-0.25, -0.2) is 9.48 Å². The maximum atomic E-state index is 12.4. The van der Waals surface area contributed by atoms with Crippen molar-refractivity contribution in [3.8, 4) is 5.69 Å². The predicted molar refractivity (Wildman–Crippen MR) is 73.1 cm³/mol. The Morgan fingerprint density at radius 1 is 1.15 bits per heavy atom. The van der Waals surface area contributed by atoms with E-state index in [-0.39, 0.29) is 0 Å². The standard InChI is InChI=1S/C13H12N4O3/c1-15-10-8-14-16(9-6-4-3-5-7-9)11(10)12(18)17(20-2)13(15)19/h3-8H,1-2H3. The van der Waals surface area contributed by atoms with Crippen LogP contribution in [0.25, 0.3) is 16.7 Å². The largest absolute Gasteiger partial charge is 0.409 e. The summed E-state index contributed by atoms with van der Waals surface area (Å²) >= 11 is 0. The Morgan fingerprint density at radius 2 is 1.85 bits per heavy atom. The minimum absolute atomic E-state index is 0.292. The molecule has 0 saturated heterocycles. The molecule has 2 heterocycles. The van der Waals surface area contributed by atoms with Crippen molar-refractivity contribution >= 4 is 11.0 Å². The van der Waals surface area contributed by atoms with Gasteiger partial charge in [-0.1, -0.05) is 22.9 Å². The first kappa shape index (κ1) is 12.2. The van der Waals surface area contributed by atoms with Crippen molar-refractivity contribution in [3.63, 3.8) is 0 Å². The van der Waals surface area contributed by atoms with Gasteiger partial charge in [-0.05, 0) is 12.1 Å². The van der Waals surface area contributed by atoms with Crippen LogP contribution in [-0.2, 0) is 7.05 Å². The molecule has 0 amide bonds. The van der Waals surface area contributed by atoms with E-state index >= 15 is 0 Å². The molecule has 0 aliphatic rings. The van der Waals surface area contributed by atoms with Gasteiger partial charge >= 0.3 is 11.2 Å². The van der Waals surface area contributed by atoms with E-state index in [1.807, 2.05) is 30.3 Å². The van der Waals surface area contributed by atoms with Crippen LogP contribution in [0.1, 0.15) is 0 Å². The highest BCUT2D eigenvalue weighted by Crippen LogP contribution is 2.12. The predicted octanol–water partition coefficient (Wildman–Crippen LogP) is -0.0557. The van der Waals surface area contributed by atoms with Crippen LogP contribution in [0.5, 0.6) is 0 Å². The van der Waals surface area contributed by atoms with Crippen LogP contribution in [0.4, 0.5) is 0 Å². The minimum Gasteiger partial charge on any atom is -0.409 e. The number of aromatic nitrogens is 4. The molecular weight excluding hydrogens is 260 g/mol. The SMILES string of the molecule is COn1c(=O)c2c(cnn2-c2ccccc2)n(C)c1=O. The molecule has 7 nitrogen and oxygen atoms in total. The van der Waals surface area contributed by atoms with E-state index in [2.05, 4.69) is 5.10 Å². The Hall–Kier alpha value is -2.83. The van der Waals surface area contributed by atoms with Crippen molar-refractivity contribution in [2.75, 3.05) is 7.11 Å². The maximum Gasteiger partial charge on any atom is 0.365 e. The quantitative estimate of drug-likeness (QED) is 0.655. The molecule has 0 N–H and O–H groups in total. The van der Waals surface area contributed by atoms with Gasteiger partial charge in [0, 0.05) is 7.05 Å². The zero-order valence-electron chi connectivity index (χ0n) is 11.0. The molecule has 0 fully saturated rings. The first-order valence-corrected chi connectivity index (χ1v) is 5.95. The fraction of sp³-hybridized carbons (Fsp3) is 0.154. The summed E-state index contributed by atoms with van der Waals surface area (Å²) in [7, 11) is 2.84. The third kappa shape index (κ3) is 1.56. The smallest absolute Gasteiger partial charge is 0.365 e. The molecule has 0 atom stereocenters. The van der Waals surface area contributed by atoms with Gasteiger partial charge in [-0.15, -0.1) is 0 Å². The monoisotopic (exact) mass is 272 g/mol. The van der Waals surface area contributed by atoms with E-state index < -0.39 is 11.2 Å². The lowest BCUT2D eigenvalue weighted by molar-refractivity contribution is 0.142. The van der Waals surface area contributed by atoms with Crippen LogP contribution < -0.4 is 16.1 Å². The van der Waals surface area contributed by atoms with E-state index in [1.54, 1.807) is 7.05 Å². The van der Waals surface area contributed by atoms with Crippen molar-refractivity contribution in [1.29, 1.82) is 0 Å². The second kappa shape index (κ2) is 4.37. The number of hydrogen-bond acceptors (Lipinski definition) is 4. The number of fused-ring (bicyclic) bond motifs is 1. The Kier molecular flexibility index (Phi) is 2.67. The van der Waals surface area contributed by atoms with Gasteiger partial charge in [0.15, 0.2) is 5.52 Å². The van der Waals surface area contributed by atoms with Crippen molar-refractivity contribution in [1.82, 2.24) is 19.1 Å². The summed E-state index contributed by atoms with van der Waals surface area (Å²) < 4.78 is 3.53. The van der Waals surface area contributed by atoms with E-state index in [9.17, 15) is 9.59 Å². The molecule has 0 bridgehead atoms. The number of rotatable bonds is 2. The Morgan fingerprint density at radius 3 is 2.50 bits per heavy atom. The molecule has 0 aliphatic carbocycles. The van der Waals surface area contributed by atoms with Crippen LogP contribution in [-0.4, -0.2) is 26.2 Å². The molecule has 1 aromatic carbocycles. The molecule has 102 valence electrons. The second-order valence-electron chi connectivity index (χ2n) is 4.25. The summed E-state index contributed by atoms with van der Waals surface area (Å²) in [5, 5.41) is 4.19. The number of nitrogens with zero attached hydrogens (tertiary/aromatic N) is 4. The lowest BCUT2D eigenvalue weighted by Gasteiger charge is -2.07. The highest BCUT2D eigenvalue weighted by molar-refractivity contribution is 5.75. The number of para-hydroxylation sites is 1. The van der Waals surface area contributed by atoms with Crippen molar-refractivity contribution in [2.24, 2.45) is 7.05 Å². The van der Waals surface area contributed by atoms with Crippen LogP contribution in [0, 0.1) is 0 Å². The van der Waals surface area contributed by atoms with Crippen molar-refractivity contribution in [2.45, 2.75) is 0 Å². The summed E-state index contributed by atoms with van der Waals surface area (Å²) in [4.78, 5) is 29.2. The zero-order valence-corrected chi connectivity index (χ0v) is 11.0.